The molecule has 0 amide bonds. The Hall–Kier alpha value is -1.74. The van der Waals surface area contributed by atoms with Crippen LogP contribution in [0.4, 0.5) is 8.78 Å². The minimum absolute atomic E-state index is 0.0978. The van der Waals surface area contributed by atoms with Gasteiger partial charge in [0.05, 0.1) is 0 Å². The van der Waals surface area contributed by atoms with Crippen molar-refractivity contribution in [3.8, 4) is 0 Å². The minimum Gasteiger partial charge on any atom is -0.304 e. The van der Waals surface area contributed by atoms with Gasteiger partial charge in [-0.05, 0) is 49.2 Å². The van der Waals surface area contributed by atoms with Crippen molar-refractivity contribution in [3.05, 3.63) is 71.3 Å². The number of hydrogen-bond donors (Lipinski definition) is 1. The quantitative estimate of drug-likeness (QED) is 0.861. The Morgan fingerprint density at radius 3 is 1.32 bits per heavy atom. The first kappa shape index (κ1) is 13.7. The highest BCUT2D eigenvalue weighted by molar-refractivity contribution is 5.22. The van der Waals surface area contributed by atoms with Gasteiger partial charge in [-0.1, -0.05) is 24.3 Å². The van der Waals surface area contributed by atoms with Crippen molar-refractivity contribution in [1.82, 2.24) is 5.32 Å². The SMILES string of the molecule is C[C@H](N[C@@H](C)c1ccc(F)cc1)c1ccc(F)cc1. The standard InChI is InChI=1S/C16H17F2N/c1-11(13-3-7-15(17)8-4-13)19-12(2)14-5-9-16(18)10-6-14/h3-12,19H,1-2H3/t11-,12-/m0/s1. The molecule has 0 aliphatic carbocycles. The lowest BCUT2D eigenvalue weighted by atomic mass is 10.0. The number of benzene rings is 2. The van der Waals surface area contributed by atoms with E-state index in [1.807, 2.05) is 13.8 Å². The van der Waals surface area contributed by atoms with Crippen molar-refractivity contribution in [2.24, 2.45) is 0 Å². The second-order valence-electron chi connectivity index (χ2n) is 4.71. The normalized spacial score (nSPS) is 14.1. The van der Waals surface area contributed by atoms with Crippen LogP contribution in [0, 0.1) is 11.6 Å². The first-order valence-corrected chi connectivity index (χ1v) is 6.33. The van der Waals surface area contributed by atoms with Crippen molar-refractivity contribution in [2.45, 2.75) is 25.9 Å². The van der Waals surface area contributed by atoms with E-state index in [9.17, 15) is 8.78 Å². The molecule has 2 atom stereocenters. The molecule has 0 aliphatic rings. The Labute approximate surface area is 112 Å². The Kier molecular flexibility index (Phi) is 4.27. The molecule has 2 aromatic carbocycles. The predicted octanol–water partition coefficient (Wildman–Crippen LogP) is 4.38. The van der Waals surface area contributed by atoms with Gasteiger partial charge in [-0.3, -0.25) is 0 Å². The van der Waals surface area contributed by atoms with Crippen LogP contribution >= 0.6 is 0 Å². The summed E-state index contributed by atoms with van der Waals surface area (Å²) in [5, 5.41) is 3.41. The topological polar surface area (TPSA) is 12.0 Å². The summed E-state index contributed by atoms with van der Waals surface area (Å²) in [6, 6.07) is 13.1. The summed E-state index contributed by atoms with van der Waals surface area (Å²) in [6.45, 7) is 4.04. The Bertz CT molecular complexity index is 470. The van der Waals surface area contributed by atoms with E-state index in [4.69, 9.17) is 0 Å². The van der Waals surface area contributed by atoms with E-state index in [0.717, 1.165) is 11.1 Å². The fourth-order valence-electron chi connectivity index (χ4n) is 2.07. The van der Waals surface area contributed by atoms with E-state index in [1.54, 1.807) is 24.3 Å². The molecular weight excluding hydrogens is 244 g/mol. The summed E-state index contributed by atoms with van der Waals surface area (Å²) in [4.78, 5) is 0. The number of hydrogen-bond acceptors (Lipinski definition) is 1. The summed E-state index contributed by atoms with van der Waals surface area (Å²) in [5.74, 6) is -0.468. The van der Waals surface area contributed by atoms with Crippen molar-refractivity contribution in [1.29, 1.82) is 0 Å². The summed E-state index contributed by atoms with van der Waals surface area (Å²) in [6.07, 6.45) is 0. The van der Waals surface area contributed by atoms with Gasteiger partial charge in [0.15, 0.2) is 0 Å². The van der Waals surface area contributed by atoms with E-state index in [0.29, 0.717) is 0 Å². The lowest BCUT2D eigenvalue weighted by Crippen LogP contribution is -2.22. The Morgan fingerprint density at radius 1 is 0.684 bits per heavy atom. The summed E-state index contributed by atoms with van der Waals surface area (Å²) < 4.78 is 25.7. The molecule has 2 aromatic rings. The van der Waals surface area contributed by atoms with Crippen LogP contribution in [0.25, 0.3) is 0 Å². The van der Waals surface area contributed by atoms with Crippen LogP contribution in [0.15, 0.2) is 48.5 Å². The molecule has 0 bridgehead atoms. The van der Waals surface area contributed by atoms with Crippen molar-refractivity contribution < 1.29 is 8.78 Å². The lowest BCUT2D eigenvalue weighted by molar-refractivity contribution is 0.493. The molecule has 0 aliphatic heterocycles. The highest BCUT2D eigenvalue weighted by Crippen LogP contribution is 2.19. The zero-order valence-electron chi connectivity index (χ0n) is 11.0. The van der Waals surface area contributed by atoms with Gasteiger partial charge in [0.2, 0.25) is 0 Å². The van der Waals surface area contributed by atoms with Crippen LogP contribution in [0.2, 0.25) is 0 Å². The second kappa shape index (κ2) is 5.93. The van der Waals surface area contributed by atoms with Gasteiger partial charge in [-0.2, -0.15) is 0 Å². The van der Waals surface area contributed by atoms with Crippen LogP contribution in [-0.2, 0) is 0 Å². The van der Waals surface area contributed by atoms with Gasteiger partial charge in [-0.15, -0.1) is 0 Å². The molecule has 100 valence electrons. The predicted molar refractivity (Wildman–Crippen MR) is 72.8 cm³/mol. The molecule has 0 spiro atoms. The molecule has 1 nitrogen and oxygen atoms in total. The highest BCUT2D eigenvalue weighted by Gasteiger charge is 2.11. The van der Waals surface area contributed by atoms with Gasteiger partial charge in [-0.25, -0.2) is 8.78 Å². The summed E-state index contributed by atoms with van der Waals surface area (Å²) in [7, 11) is 0. The summed E-state index contributed by atoms with van der Waals surface area (Å²) in [5.41, 5.74) is 2.05. The molecule has 1 N–H and O–H groups in total. The Balaban J connectivity index is 2.03. The van der Waals surface area contributed by atoms with E-state index >= 15 is 0 Å². The molecule has 0 radical (unpaired) electrons. The maximum Gasteiger partial charge on any atom is 0.123 e. The van der Waals surface area contributed by atoms with E-state index in [2.05, 4.69) is 5.32 Å². The lowest BCUT2D eigenvalue weighted by Gasteiger charge is -2.20. The average molecular weight is 261 g/mol. The van der Waals surface area contributed by atoms with E-state index < -0.39 is 0 Å². The van der Waals surface area contributed by atoms with E-state index in [1.165, 1.54) is 24.3 Å². The average Bonchev–Trinajstić information content (AvgIpc) is 2.40. The van der Waals surface area contributed by atoms with Gasteiger partial charge in [0.25, 0.3) is 0 Å². The molecule has 0 saturated carbocycles. The molecule has 0 aromatic heterocycles. The second-order valence-corrected chi connectivity index (χ2v) is 4.71. The minimum atomic E-state index is -0.234. The third-order valence-electron chi connectivity index (χ3n) is 3.24. The van der Waals surface area contributed by atoms with Crippen LogP contribution in [0.3, 0.4) is 0 Å². The highest BCUT2D eigenvalue weighted by atomic mass is 19.1. The van der Waals surface area contributed by atoms with Crippen LogP contribution in [0.1, 0.15) is 37.1 Å². The van der Waals surface area contributed by atoms with E-state index in [-0.39, 0.29) is 23.7 Å². The first-order valence-electron chi connectivity index (χ1n) is 6.33. The third kappa shape index (κ3) is 3.61. The molecule has 0 fully saturated rings. The van der Waals surface area contributed by atoms with Gasteiger partial charge in [0, 0.05) is 12.1 Å². The molecule has 0 saturated heterocycles. The maximum absolute atomic E-state index is 12.9. The molecule has 0 heterocycles. The van der Waals surface area contributed by atoms with Crippen molar-refractivity contribution in [3.63, 3.8) is 0 Å². The first-order chi connectivity index (χ1) is 9.06. The van der Waals surface area contributed by atoms with Crippen LogP contribution in [-0.4, -0.2) is 0 Å². The molecule has 19 heavy (non-hydrogen) atoms. The third-order valence-corrected chi connectivity index (χ3v) is 3.24. The number of nitrogens with one attached hydrogen (secondary N) is 1. The summed E-state index contributed by atoms with van der Waals surface area (Å²) >= 11 is 0. The molecule has 2 rings (SSSR count). The Morgan fingerprint density at radius 2 is 1.00 bits per heavy atom. The smallest absolute Gasteiger partial charge is 0.123 e. The zero-order chi connectivity index (χ0) is 13.8. The van der Waals surface area contributed by atoms with Crippen molar-refractivity contribution in [2.75, 3.05) is 0 Å². The number of halogens is 2. The van der Waals surface area contributed by atoms with Crippen molar-refractivity contribution >= 4 is 0 Å². The largest absolute Gasteiger partial charge is 0.304 e. The maximum atomic E-state index is 12.9. The monoisotopic (exact) mass is 261 g/mol. The zero-order valence-corrected chi connectivity index (χ0v) is 11.0. The van der Waals surface area contributed by atoms with Crippen LogP contribution in [0.5, 0.6) is 0 Å². The molecule has 0 unspecified atom stereocenters. The fraction of sp³-hybridized carbons (Fsp3) is 0.250. The molecule has 3 heteroatoms. The number of rotatable bonds is 4. The van der Waals surface area contributed by atoms with Crippen LogP contribution < -0.4 is 5.32 Å². The van der Waals surface area contributed by atoms with Gasteiger partial charge < -0.3 is 5.32 Å². The van der Waals surface area contributed by atoms with Gasteiger partial charge >= 0.3 is 0 Å². The molecular formula is C16H17F2N. The van der Waals surface area contributed by atoms with Gasteiger partial charge in [0.1, 0.15) is 11.6 Å². The fourth-order valence-corrected chi connectivity index (χ4v) is 2.07.